The van der Waals surface area contributed by atoms with Crippen LogP contribution >= 0.6 is 0 Å². The van der Waals surface area contributed by atoms with E-state index in [0.717, 1.165) is 31.4 Å². The third kappa shape index (κ3) is 4.16. The molecule has 27 heavy (non-hydrogen) atoms. The molecule has 2 N–H and O–H groups in total. The molecule has 0 spiro atoms. The smallest absolute Gasteiger partial charge is 0.279 e. The number of aromatic nitrogens is 4. The van der Waals surface area contributed by atoms with Crippen LogP contribution in [-0.4, -0.2) is 50.8 Å². The molecule has 3 rings (SSSR count). The second-order valence-electron chi connectivity index (χ2n) is 6.47. The summed E-state index contributed by atoms with van der Waals surface area (Å²) in [6.07, 6.45) is 2.71. The molecule has 1 aromatic carbocycles. The summed E-state index contributed by atoms with van der Waals surface area (Å²) in [6.45, 7) is 8.02. The predicted molar refractivity (Wildman–Crippen MR) is 105 cm³/mol. The number of rotatable bonds is 8. The van der Waals surface area contributed by atoms with Gasteiger partial charge in [0.05, 0.1) is 5.52 Å². The van der Waals surface area contributed by atoms with Gasteiger partial charge in [-0.1, -0.05) is 13.8 Å². The van der Waals surface area contributed by atoms with E-state index in [1.165, 1.54) is 12.1 Å². The fraction of sp³-hybridized carbons (Fsp3) is 0.421. The van der Waals surface area contributed by atoms with Crippen molar-refractivity contribution in [1.29, 1.82) is 0 Å². The van der Waals surface area contributed by atoms with Gasteiger partial charge in [0.15, 0.2) is 5.69 Å². The average Bonchev–Trinajstić information content (AvgIpc) is 2.98. The van der Waals surface area contributed by atoms with Crippen LogP contribution in [0.15, 0.2) is 29.2 Å². The van der Waals surface area contributed by atoms with Crippen LogP contribution in [0.4, 0.5) is 10.3 Å². The highest BCUT2D eigenvalue weighted by atomic mass is 19.1. The Morgan fingerprint density at radius 2 is 2.04 bits per heavy atom. The highest BCUT2D eigenvalue weighted by Gasteiger charge is 2.15. The fourth-order valence-corrected chi connectivity index (χ4v) is 3.19. The molecule has 0 saturated heterocycles. The second kappa shape index (κ2) is 8.30. The van der Waals surface area contributed by atoms with Gasteiger partial charge in [-0.15, -0.1) is 10.2 Å². The number of hydrogen-bond acceptors (Lipinski definition) is 5. The molecule has 0 fully saturated rings. The van der Waals surface area contributed by atoms with E-state index < -0.39 is 0 Å². The Kier molecular flexibility index (Phi) is 5.85. The van der Waals surface area contributed by atoms with E-state index in [2.05, 4.69) is 39.2 Å². The van der Waals surface area contributed by atoms with E-state index in [1.54, 1.807) is 23.9 Å². The van der Waals surface area contributed by atoms with Crippen LogP contribution in [0.1, 0.15) is 20.3 Å². The van der Waals surface area contributed by atoms with Gasteiger partial charge in [-0.05, 0) is 44.3 Å². The number of halogens is 1. The van der Waals surface area contributed by atoms with Gasteiger partial charge in [0.2, 0.25) is 5.95 Å². The van der Waals surface area contributed by atoms with E-state index in [-0.39, 0.29) is 17.1 Å². The number of H-pyrrole nitrogens is 1. The number of anilines is 1. The van der Waals surface area contributed by atoms with Crippen LogP contribution in [0.5, 0.6) is 0 Å². The molecule has 7 nitrogen and oxygen atoms in total. The molecule has 0 saturated carbocycles. The number of aryl methyl sites for hydroxylation is 1. The summed E-state index contributed by atoms with van der Waals surface area (Å²) in [5.41, 5.74) is 1.23. The summed E-state index contributed by atoms with van der Waals surface area (Å²) in [5, 5.41) is 12.1. The summed E-state index contributed by atoms with van der Waals surface area (Å²) >= 11 is 0. The predicted octanol–water partition coefficient (Wildman–Crippen LogP) is 2.61. The molecule has 0 atom stereocenters. The van der Waals surface area contributed by atoms with Crippen molar-refractivity contribution in [2.75, 3.05) is 31.5 Å². The first-order chi connectivity index (χ1) is 13.0. The van der Waals surface area contributed by atoms with E-state index in [9.17, 15) is 9.18 Å². The van der Waals surface area contributed by atoms with Crippen molar-refractivity contribution in [3.05, 3.63) is 40.6 Å². The molecule has 0 aliphatic carbocycles. The lowest BCUT2D eigenvalue weighted by atomic mass is 10.1. The van der Waals surface area contributed by atoms with Crippen LogP contribution in [0.2, 0.25) is 0 Å². The minimum atomic E-state index is -0.326. The van der Waals surface area contributed by atoms with Gasteiger partial charge in [0.25, 0.3) is 5.56 Å². The largest absolute Gasteiger partial charge is 0.354 e. The van der Waals surface area contributed by atoms with Crippen molar-refractivity contribution >= 4 is 16.9 Å². The highest BCUT2D eigenvalue weighted by Crippen LogP contribution is 2.27. The Labute approximate surface area is 157 Å². The average molecular weight is 372 g/mol. The lowest BCUT2D eigenvalue weighted by Gasteiger charge is -2.17. The van der Waals surface area contributed by atoms with E-state index in [4.69, 9.17) is 0 Å². The zero-order chi connectivity index (χ0) is 19.4. The minimum Gasteiger partial charge on any atom is -0.354 e. The normalized spacial score (nSPS) is 11.4. The number of nitrogens with one attached hydrogen (secondary N) is 2. The molecule has 3 aromatic rings. The van der Waals surface area contributed by atoms with Crippen molar-refractivity contribution in [3.8, 4) is 11.3 Å². The fourth-order valence-electron chi connectivity index (χ4n) is 3.19. The lowest BCUT2D eigenvalue weighted by Crippen LogP contribution is -2.26. The first-order valence-electron chi connectivity index (χ1n) is 9.21. The highest BCUT2D eigenvalue weighted by molar-refractivity contribution is 5.94. The second-order valence-corrected chi connectivity index (χ2v) is 6.47. The first-order valence-corrected chi connectivity index (χ1v) is 9.21. The maximum absolute atomic E-state index is 13.5. The topological polar surface area (TPSA) is 78.8 Å². The summed E-state index contributed by atoms with van der Waals surface area (Å²) in [6, 6.07) is 4.46. The SMILES string of the molecule is CCN(CC)CCCNc1nnc(-c2cn(C)c3cc(F)ccc23)c(=O)[nH]1. The zero-order valence-corrected chi connectivity index (χ0v) is 15.9. The molecule has 0 unspecified atom stereocenters. The first kappa shape index (κ1) is 19.0. The van der Waals surface area contributed by atoms with Gasteiger partial charge >= 0.3 is 0 Å². The molecule has 0 radical (unpaired) electrons. The van der Waals surface area contributed by atoms with Crippen LogP contribution in [-0.2, 0) is 7.05 Å². The van der Waals surface area contributed by atoms with Gasteiger partial charge in [-0.2, -0.15) is 0 Å². The van der Waals surface area contributed by atoms with Crippen LogP contribution in [0, 0.1) is 5.82 Å². The number of nitrogens with zero attached hydrogens (tertiary/aromatic N) is 4. The van der Waals surface area contributed by atoms with Crippen LogP contribution in [0.25, 0.3) is 22.2 Å². The quantitative estimate of drug-likeness (QED) is 0.594. The van der Waals surface area contributed by atoms with E-state index in [0.29, 0.717) is 23.6 Å². The number of benzene rings is 1. The molecule has 0 aliphatic heterocycles. The van der Waals surface area contributed by atoms with Crippen molar-refractivity contribution in [2.24, 2.45) is 7.05 Å². The maximum Gasteiger partial charge on any atom is 0.279 e. The number of fused-ring (bicyclic) bond motifs is 1. The zero-order valence-electron chi connectivity index (χ0n) is 15.9. The van der Waals surface area contributed by atoms with E-state index in [1.807, 2.05) is 0 Å². The Bertz CT molecular complexity index is 976. The Morgan fingerprint density at radius 1 is 1.26 bits per heavy atom. The van der Waals surface area contributed by atoms with Crippen molar-refractivity contribution in [3.63, 3.8) is 0 Å². The van der Waals surface area contributed by atoms with Crippen LogP contribution in [0.3, 0.4) is 0 Å². The monoisotopic (exact) mass is 372 g/mol. The Balaban J connectivity index is 1.75. The molecule has 0 bridgehead atoms. The van der Waals surface area contributed by atoms with Crippen LogP contribution < -0.4 is 10.9 Å². The molecule has 8 heteroatoms. The summed E-state index contributed by atoms with van der Waals surface area (Å²) in [5.74, 6) is 0.0362. The summed E-state index contributed by atoms with van der Waals surface area (Å²) in [7, 11) is 1.80. The lowest BCUT2D eigenvalue weighted by molar-refractivity contribution is 0.303. The van der Waals surface area contributed by atoms with Gasteiger partial charge in [0, 0.05) is 30.7 Å². The van der Waals surface area contributed by atoms with Gasteiger partial charge in [0.1, 0.15) is 5.82 Å². The van der Waals surface area contributed by atoms with Gasteiger partial charge in [-0.25, -0.2) is 4.39 Å². The van der Waals surface area contributed by atoms with E-state index >= 15 is 0 Å². The van der Waals surface area contributed by atoms with Crippen molar-refractivity contribution < 1.29 is 4.39 Å². The van der Waals surface area contributed by atoms with Crippen molar-refractivity contribution in [1.82, 2.24) is 24.6 Å². The molecule has 2 aromatic heterocycles. The third-order valence-electron chi connectivity index (χ3n) is 4.74. The molecule has 2 heterocycles. The third-order valence-corrected chi connectivity index (χ3v) is 4.74. The summed E-state index contributed by atoms with van der Waals surface area (Å²) < 4.78 is 15.3. The van der Waals surface area contributed by atoms with Gasteiger partial charge in [-0.3, -0.25) is 9.78 Å². The molecule has 0 aliphatic rings. The Hall–Kier alpha value is -2.74. The molecule has 0 amide bonds. The standard InChI is InChI=1S/C19H25FN6O/c1-4-26(5-2)10-6-9-21-19-22-18(27)17(23-24-19)15-12-25(3)16-11-13(20)7-8-14(15)16/h7-8,11-12H,4-6,9-10H2,1-3H3,(H2,21,22,24,27). The molecular weight excluding hydrogens is 347 g/mol. The molecular formula is C19H25FN6O. The minimum absolute atomic E-state index is 0.223. The summed E-state index contributed by atoms with van der Waals surface area (Å²) in [4.78, 5) is 17.6. The van der Waals surface area contributed by atoms with Crippen molar-refractivity contribution in [2.45, 2.75) is 20.3 Å². The van der Waals surface area contributed by atoms with Gasteiger partial charge < -0.3 is 14.8 Å². The maximum atomic E-state index is 13.5. The molecule has 144 valence electrons. The number of aromatic amines is 1. The Morgan fingerprint density at radius 3 is 2.74 bits per heavy atom. The number of hydrogen-bond donors (Lipinski definition) is 2.